The first-order valence-electron chi connectivity index (χ1n) is 9.64. The van der Waals surface area contributed by atoms with E-state index in [4.69, 9.17) is 0 Å². The summed E-state index contributed by atoms with van der Waals surface area (Å²) in [6.45, 7) is 7.16. The van der Waals surface area contributed by atoms with Crippen LogP contribution in [-0.2, 0) is 23.1 Å². The number of hydrogen-bond acceptors (Lipinski definition) is 2. The van der Waals surface area contributed by atoms with Gasteiger partial charge in [0.2, 0.25) is 10.0 Å². The Kier molecular flexibility index (Phi) is 6.37. The van der Waals surface area contributed by atoms with Crippen LogP contribution in [0.3, 0.4) is 0 Å². The van der Waals surface area contributed by atoms with Crippen molar-refractivity contribution in [3.05, 3.63) is 90.3 Å². The quantitative estimate of drug-likeness (QED) is 0.550. The van der Waals surface area contributed by atoms with Crippen LogP contribution in [0.1, 0.15) is 32.0 Å². The maximum atomic E-state index is 13.4. The van der Waals surface area contributed by atoms with Crippen LogP contribution >= 0.6 is 0 Å². The van der Waals surface area contributed by atoms with Gasteiger partial charge in [-0.1, -0.05) is 62.4 Å². The molecule has 0 aliphatic rings. The first-order chi connectivity index (χ1) is 13.4. The van der Waals surface area contributed by atoms with E-state index in [0.29, 0.717) is 11.4 Å². The molecule has 0 amide bonds. The van der Waals surface area contributed by atoms with Crippen molar-refractivity contribution >= 4 is 10.0 Å². The molecule has 1 unspecified atom stereocenters. The Morgan fingerprint density at radius 2 is 1.46 bits per heavy atom. The molecular formula is C23H28N2O2S. The molecule has 0 spiro atoms. The zero-order chi connectivity index (χ0) is 20.1. The molecule has 0 aliphatic heterocycles. The second kappa shape index (κ2) is 8.76. The first-order valence-corrected chi connectivity index (χ1v) is 11.1. The van der Waals surface area contributed by atoms with Crippen molar-refractivity contribution in [2.24, 2.45) is 5.92 Å². The van der Waals surface area contributed by atoms with Crippen LogP contribution in [0.25, 0.3) is 0 Å². The molecule has 2 aromatic carbocycles. The Hall–Kier alpha value is -2.37. The van der Waals surface area contributed by atoms with Gasteiger partial charge in [-0.25, -0.2) is 8.42 Å². The molecule has 148 valence electrons. The molecule has 0 saturated carbocycles. The molecule has 3 aromatic rings. The van der Waals surface area contributed by atoms with Crippen molar-refractivity contribution in [1.82, 2.24) is 8.87 Å². The van der Waals surface area contributed by atoms with Crippen LogP contribution in [0, 0.1) is 5.92 Å². The lowest BCUT2D eigenvalue weighted by atomic mass is 10.1. The number of benzene rings is 2. The van der Waals surface area contributed by atoms with Gasteiger partial charge in [-0.15, -0.1) is 0 Å². The van der Waals surface area contributed by atoms with E-state index < -0.39 is 10.0 Å². The topological polar surface area (TPSA) is 42.3 Å². The van der Waals surface area contributed by atoms with Gasteiger partial charge in [0.15, 0.2) is 0 Å². The molecule has 0 bridgehead atoms. The highest BCUT2D eigenvalue weighted by molar-refractivity contribution is 7.89. The minimum absolute atomic E-state index is 0.120. The minimum Gasteiger partial charge on any atom is -0.346 e. The first kappa shape index (κ1) is 20.4. The summed E-state index contributed by atoms with van der Waals surface area (Å²) in [5, 5.41) is 0. The minimum atomic E-state index is -3.59. The number of hydrogen-bond donors (Lipinski definition) is 0. The zero-order valence-electron chi connectivity index (χ0n) is 16.7. The van der Waals surface area contributed by atoms with Gasteiger partial charge in [0.05, 0.1) is 11.4 Å². The summed E-state index contributed by atoms with van der Waals surface area (Å²) < 4.78 is 30.5. The number of rotatable bonds is 8. The maximum Gasteiger partial charge on any atom is 0.243 e. The molecule has 0 saturated heterocycles. The molecule has 1 atom stereocenters. The Balaban J connectivity index is 1.93. The summed E-state index contributed by atoms with van der Waals surface area (Å²) >= 11 is 0. The van der Waals surface area contributed by atoms with Gasteiger partial charge in [-0.2, -0.15) is 4.31 Å². The summed E-state index contributed by atoms with van der Waals surface area (Å²) in [6, 6.07) is 22.8. The Bertz CT molecular complexity index is 980. The fourth-order valence-electron chi connectivity index (χ4n) is 3.20. The highest BCUT2D eigenvalue weighted by Crippen LogP contribution is 2.24. The average Bonchev–Trinajstić information content (AvgIpc) is 3.13. The van der Waals surface area contributed by atoms with Crippen molar-refractivity contribution in [2.45, 2.75) is 44.8 Å². The van der Waals surface area contributed by atoms with Crippen LogP contribution in [0.5, 0.6) is 0 Å². The van der Waals surface area contributed by atoms with Crippen LogP contribution in [-0.4, -0.2) is 23.3 Å². The second-order valence-corrected chi connectivity index (χ2v) is 9.35. The summed E-state index contributed by atoms with van der Waals surface area (Å²) in [5.41, 5.74) is 2.17. The summed E-state index contributed by atoms with van der Waals surface area (Å²) in [4.78, 5) is 0.337. The lowest BCUT2D eigenvalue weighted by Crippen LogP contribution is -2.41. The number of aromatic nitrogens is 1. The van der Waals surface area contributed by atoms with Gasteiger partial charge >= 0.3 is 0 Å². The van der Waals surface area contributed by atoms with Crippen LogP contribution in [0.2, 0.25) is 0 Å². The van der Waals surface area contributed by atoms with Gasteiger partial charge in [0.1, 0.15) is 0 Å². The van der Waals surface area contributed by atoms with Gasteiger partial charge in [-0.3, -0.25) is 0 Å². The second-order valence-electron chi connectivity index (χ2n) is 7.46. The third kappa shape index (κ3) is 4.54. The SMILES string of the molecule is CC(C)C(C)N(Cc1cccn1Cc1ccccc1)S(=O)(=O)c1ccccc1. The molecule has 1 aromatic heterocycles. The molecule has 0 N–H and O–H groups in total. The van der Waals surface area contributed by atoms with E-state index in [1.165, 1.54) is 5.56 Å². The van der Waals surface area contributed by atoms with Gasteiger partial charge in [0.25, 0.3) is 0 Å². The number of nitrogens with zero attached hydrogens (tertiary/aromatic N) is 2. The van der Waals surface area contributed by atoms with Crippen molar-refractivity contribution in [2.75, 3.05) is 0 Å². The standard InChI is InChI=1S/C23H28N2O2S/c1-19(2)20(3)25(28(26,27)23-14-8-5-9-15-23)18-22-13-10-16-24(22)17-21-11-6-4-7-12-21/h4-16,19-20H,17-18H2,1-3H3. The lowest BCUT2D eigenvalue weighted by molar-refractivity contribution is 0.265. The van der Waals surface area contributed by atoms with Crippen LogP contribution in [0.4, 0.5) is 0 Å². The summed E-state index contributed by atoms with van der Waals surface area (Å²) in [6.07, 6.45) is 2.01. The normalized spacial score (nSPS) is 13.2. The van der Waals surface area contributed by atoms with Gasteiger partial charge < -0.3 is 4.57 Å². The fourth-order valence-corrected chi connectivity index (χ4v) is 4.95. The molecule has 0 fully saturated rings. The van der Waals surface area contributed by atoms with Gasteiger partial charge in [-0.05, 0) is 42.7 Å². The van der Waals surface area contributed by atoms with Crippen molar-refractivity contribution in [3.8, 4) is 0 Å². The third-order valence-electron chi connectivity index (χ3n) is 5.21. The van der Waals surface area contributed by atoms with Crippen molar-refractivity contribution in [3.63, 3.8) is 0 Å². The highest BCUT2D eigenvalue weighted by Gasteiger charge is 2.31. The van der Waals surface area contributed by atoms with Gasteiger partial charge in [0, 0.05) is 24.5 Å². The molecule has 0 radical (unpaired) electrons. The monoisotopic (exact) mass is 396 g/mol. The van der Waals surface area contributed by atoms with E-state index in [1.54, 1.807) is 28.6 Å². The fraction of sp³-hybridized carbons (Fsp3) is 0.304. The lowest BCUT2D eigenvalue weighted by Gasteiger charge is -2.31. The van der Waals surface area contributed by atoms with Crippen molar-refractivity contribution in [1.29, 1.82) is 0 Å². The molecule has 1 heterocycles. The number of sulfonamides is 1. The maximum absolute atomic E-state index is 13.4. The molecule has 28 heavy (non-hydrogen) atoms. The van der Waals surface area contributed by atoms with E-state index in [0.717, 1.165) is 12.2 Å². The van der Waals surface area contributed by atoms with Crippen LogP contribution < -0.4 is 0 Å². The average molecular weight is 397 g/mol. The van der Waals surface area contributed by atoms with Crippen LogP contribution in [0.15, 0.2) is 83.9 Å². The highest BCUT2D eigenvalue weighted by atomic mass is 32.2. The zero-order valence-corrected chi connectivity index (χ0v) is 17.5. The van der Waals surface area contributed by atoms with E-state index >= 15 is 0 Å². The summed E-state index contributed by atoms with van der Waals surface area (Å²) in [7, 11) is -3.59. The Labute approximate surface area is 168 Å². The molecule has 5 heteroatoms. The summed E-state index contributed by atoms with van der Waals surface area (Å²) in [5.74, 6) is 0.205. The molecule has 3 rings (SSSR count). The molecular weight excluding hydrogens is 368 g/mol. The predicted molar refractivity (Wildman–Crippen MR) is 113 cm³/mol. The van der Waals surface area contributed by atoms with E-state index in [1.807, 2.05) is 49.5 Å². The predicted octanol–water partition coefficient (Wildman–Crippen LogP) is 4.77. The van der Waals surface area contributed by atoms with E-state index in [2.05, 4.69) is 30.5 Å². The largest absolute Gasteiger partial charge is 0.346 e. The molecule has 4 nitrogen and oxygen atoms in total. The van der Waals surface area contributed by atoms with E-state index in [-0.39, 0.29) is 12.0 Å². The Morgan fingerprint density at radius 3 is 2.07 bits per heavy atom. The third-order valence-corrected chi connectivity index (χ3v) is 7.15. The van der Waals surface area contributed by atoms with E-state index in [9.17, 15) is 8.42 Å². The smallest absolute Gasteiger partial charge is 0.243 e. The van der Waals surface area contributed by atoms with Crippen molar-refractivity contribution < 1.29 is 8.42 Å². The Morgan fingerprint density at radius 1 is 0.857 bits per heavy atom. The molecule has 0 aliphatic carbocycles.